The Balaban J connectivity index is 1.71. The summed E-state index contributed by atoms with van der Waals surface area (Å²) < 4.78 is 19.2. The van der Waals surface area contributed by atoms with E-state index in [1.807, 2.05) is 12.1 Å². The Kier molecular flexibility index (Phi) is 4.66. The van der Waals surface area contributed by atoms with Crippen molar-refractivity contribution in [2.24, 2.45) is 0 Å². The summed E-state index contributed by atoms with van der Waals surface area (Å²) in [5, 5.41) is 0. The van der Waals surface area contributed by atoms with Crippen molar-refractivity contribution < 1.29 is 9.13 Å². The number of nitrogens with zero attached hydrogens (tertiary/aromatic N) is 4. The number of halogens is 1. The van der Waals surface area contributed by atoms with E-state index in [1.54, 1.807) is 42.9 Å². The third-order valence-electron chi connectivity index (χ3n) is 3.68. The van der Waals surface area contributed by atoms with Gasteiger partial charge in [0.15, 0.2) is 11.3 Å². The topological polar surface area (TPSA) is 60.8 Å². The van der Waals surface area contributed by atoms with Crippen molar-refractivity contribution >= 4 is 11.2 Å². The van der Waals surface area contributed by atoms with Gasteiger partial charge in [0.05, 0.1) is 0 Å². The van der Waals surface area contributed by atoms with Crippen LogP contribution in [-0.2, 0) is 6.61 Å². The van der Waals surface area contributed by atoms with E-state index in [0.29, 0.717) is 34.9 Å². The normalized spacial score (nSPS) is 10.3. The highest BCUT2D eigenvalue weighted by Crippen LogP contribution is 2.18. The van der Waals surface area contributed by atoms with E-state index in [9.17, 15) is 4.39 Å². The summed E-state index contributed by atoms with van der Waals surface area (Å²) in [6.07, 6.45) is 5.02. The minimum absolute atomic E-state index is 0.302. The molecule has 0 aliphatic heterocycles. The Bertz CT molecular complexity index is 1150. The molecule has 0 unspecified atom stereocenters. The third kappa shape index (κ3) is 4.05. The van der Waals surface area contributed by atoms with Crippen LogP contribution in [0.4, 0.5) is 4.39 Å². The van der Waals surface area contributed by atoms with Crippen LogP contribution < -0.4 is 4.74 Å². The molecule has 4 rings (SSSR count). The van der Waals surface area contributed by atoms with Crippen LogP contribution in [0.25, 0.3) is 11.2 Å². The predicted octanol–water partition coefficient (Wildman–Crippen LogP) is 3.54. The van der Waals surface area contributed by atoms with Crippen molar-refractivity contribution in [3.63, 3.8) is 0 Å². The van der Waals surface area contributed by atoms with E-state index in [2.05, 4.69) is 31.8 Å². The van der Waals surface area contributed by atoms with E-state index in [4.69, 9.17) is 4.74 Å². The van der Waals surface area contributed by atoms with Gasteiger partial charge in [0.25, 0.3) is 0 Å². The van der Waals surface area contributed by atoms with Crippen LogP contribution in [0.5, 0.6) is 5.88 Å². The molecule has 1 aromatic carbocycles. The molecule has 0 spiro atoms. The van der Waals surface area contributed by atoms with E-state index in [0.717, 1.165) is 5.56 Å². The molecule has 0 atom stereocenters. The standard InChI is InChI=1S/C21H13FN4O/c22-17-4-1-3-15(13-17)6-7-19-21(27-14-16-8-11-23-12-9-16)26-18-5-2-10-24-20(18)25-19/h1-5,8-13H,14H2. The number of ether oxygens (including phenoxy) is 1. The summed E-state index contributed by atoms with van der Waals surface area (Å²) >= 11 is 0. The molecule has 0 saturated heterocycles. The van der Waals surface area contributed by atoms with Gasteiger partial charge >= 0.3 is 0 Å². The predicted molar refractivity (Wildman–Crippen MR) is 98.3 cm³/mol. The number of fused-ring (bicyclic) bond motifs is 1. The fraction of sp³-hybridized carbons (Fsp3) is 0.0476. The fourth-order valence-corrected chi connectivity index (χ4v) is 2.39. The zero-order valence-electron chi connectivity index (χ0n) is 14.1. The second-order valence-corrected chi connectivity index (χ2v) is 5.63. The highest BCUT2D eigenvalue weighted by molar-refractivity contribution is 5.71. The van der Waals surface area contributed by atoms with Crippen molar-refractivity contribution in [2.75, 3.05) is 0 Å². The molecule has 0 amide bonds. The quantitative estimate of drug-likeness (QED) is 0.526. The first kappa shape index (κ1) is 16.6. The van der Waals surface area contributed by atoms with Crippen LogP contribution in [0.1, 0.15) is 16.8 Å². The maximum absolute atomic E-state index is 13.4. The number of benzene rings is 1. The average Bonchev–Trinajstić information content (AvgIpc) is 2.71. The monoisotopic (exact) mass is 356 g/mol. The minimum Gasteiger partial charge on any atom is -0.471 e. The molecule has 0 radical (unpaired) electrons. The number of aromatic nitrogens is 4. The van der Waals surface area contributed by atoms with Crippen molar-refractivity contribution in [1.82, 2.24) is 19.9 Å². The summed E-state index contributed by atoms with van der Waals surface area (Å²) in [5.41, 5.74) is 2.91. The molecule has 4 aromatic rings. The Hall–Kier alpha value is -3.85. The molecular weight excluding hydrogens is 343 g/mol. The lowest BCUT2D eigenvalue weighted by atomic mass is 10.2. The van der Waals surface area contributed by atoms with Gasteiger partial charge in [-0.3, -0.25) is 4.98 Å². The molecule has 130 valence electrons. The highest BCUT2D eigenvalue weighted by Gasteiger charge is 2.09. The zero-order valence-corrected chi connectivity index (χ0v) is 14.1. The summed E-state index contributed by atoms with van der Waals surface area (Å²) in [5.74, 6) is 5.77. The summed E-state index contributed by atoms with van der Waals surface area (Å²) in [4.78, 5) is 17.1. The number of hydrogen-bond donors (Lipinski definition) is 0. The van der Waals surface area contributed by atoms with Crippen LogP contribution in [0.15, 0.2) is 67.1 Å². The second-order valence-electron chi connectivity index (χ2n) is 5.63. The average molecular weight is 356 g/mol. The van der Waals surface area contributed by atoms with Gasteiger partial charge in [-0.1, -0.05) is 12.0 Å². The highest BCUT2D eigenvalue weighted by atomic mass is 19.1. The van der Waals surface area contributed by atoms with E-state index in [-0.39, 0.29) is 5.82 Å². The lowest BCUT2D eigenvalue weighted by Gasteiger charge is -2.07. The van der Waals surface area contributed by atoms with Crippen LogP contribution in [-0.4, -0.2) is 19.9 Å². The molecule has 0 aliphatic rings. The number of hydrogen-bond acceptors (Lipinski definition) is 5. The Morgan fingerprint density at radius 3 is 2.67 bits per heavy atom. The number of pyridine rings is 2. The van der Waals surface area contributed by atoms with Gasteiger partial charge in [-0.25, -0.2) is 19.3 Å². The SMILES string of the molecule is Fc1cccc(C#Cc2nc3ncccc3nc2OCc2ccncc2)c1. The molecule has 0 N–H and O–H groups in total. The van der Waals surface area contributed by atoms with Gasteiger partial charge < -0.3 is 4.74 Å². The van der Waals surface area contributed by atoms with Crippen LogP contribution >= 0.6 is 0 Å². The molecule has 6 heteroatoms. The van der Waals surface area contributed by atoms with Crippen LogP contribution in [0, 0.1) is 17.7 Å². The van der Waals surface area contributed by atoms with Gasteiger partial charge in [-0.15, -0.1) is 0 Å². The smallest absolute Gasteiger partial charge is 0.250 e. The molecule has 0 bridgehead atoms. The molecule has 0 aliphatic carbocycles. The van der Waals surface area contributed by atoms with Gasteiger partial charge in [0, 0.05) is 24.2 Å². The van der Waals surface area contributed by atoms with Crippen molar-refractivity contribution in [3.8, 4) is 17.7 Å². The van der Waals surface area contributed by atoms with E-state index in [1.165, 1.54) is 12.1 Å². The molecule has 27 heavy (non-hydrogen) atoms. The molecule has 0 saturated carbocycles. The largest absolute Gasteiger partial charge is 0.471 e. The summed E-state index contributed by atoms with van der Waals surface area (Å²) in [7, 11) is 0. The van der Waals surface area contributed by atoms with Crippen molar-refractivity contribution in [1.29, 1.82) is 0 Å². The van der Waals surface area contributed by atoms with Gasteiger partial charge in [0.1, 0.15) is 17.9 Å². The first-order valence-corrected chi connectivity index (χ1v) is 8.20. The van der Waals surface area contributed by atoms with Crippen LogP contribution in [0.3, 0.4) is 0 Å². The Labute approximate surface area is 154 Å². The van der Waals surface area contributed by atoms with Crippen LogP contribution in [0.2, 0.25) is 0 Å². The van der Waals surface area contributed by atoms with E-state index < -0.39 is 0 Å². The molecule has 5 nitrogen and oxygen atoms in total. The molecular formula is C21H13FN4O. The van der Waals surface area contributed by atoms with E-state index >= 15 is 0 Å². The Morgan fingerprint density at radius 1 is 0.926 bits per heavy atom. The maximum atomic E-state index is 13.4. The van der Waals surface area contributed by atoms with Crippen molar-refractivity contribution in [2.45, 2.75) is 6.61 Å². The molecule has 0 fully saturated rings. The second kappa shape index (κ2) is 7.58. The lowest BCUT2D eigenvalue weighted by molar-refractivity contribution is 0.292. The molecule has 3 aromatic heterocycles. The first-order valence-electron chi connectivity index (χ1n) is 8.20. The third-order valence-corrected chi connectivity index (χ3v) is 3.68. The first-order chi connectivity index (χ1) is 13.3. The summed E-state index contributed by atoms with van der Waals surface area (Å²) in [6, 6.07) is 13.3. The zero-order chi connectivity index (χ0) is 18.5. The van der Waals surface area contributed by atoms with Gasteiger partial charge in [-0.2, -0.15) is 0 Å². The molecule has 3 heterocycles. The van der Waals surface area contributed by atoms with Crippen molar-refractivity contribution in [3.05, 3.63) is 89.8 Å². The maximum Gasteiger partial charge on any atom is 0.250 e. The fourth-order valence-electron chi connectivity index (χ4n) is 2.39. The van der Waals surface area contributed by atoms with Gasteiger partial charge in [-0.05, 0) is 53.9 Å². The Morgan fingerprint density at radius 2 is 1.81 bits per heavy atom. The summed E-state index contributed by atoms with van der Waals surface area (Å²) in [6.45, 7) is 0.303. The van der Waals surface area contributed by atoms with Gasteiger partial charge in [0.2, 0.25) is 5.88 Å². The minimum atomic E-state index is -0.345. The number of rotatable bonds is 3. The lowest BCUT2D eigenvalue weighted by Crippen LogP contribution is -2.02.